The molecule has 3 N–H and O–H groups in total. The van der Waals surface area contributed by atoms with Gasteiger partial charge in [0.1, 0.15) is 6.04 Å². The molecule has 1 atom stereocenters. The third-order valence-corrected chi connectivity index (χ3v) is 4.41. The van der Waals surface area contributed by atoms with Gasteiger partial charge in [0.2, 0.25) is 5.91 Å². The molecule has 0 spiro atoms. The van der Waals surface area contributed by atoms with Crippen LogP contribution in [0.5, 0.6) is 0 Å². The van der Waals surface area contributed by atoms with Crippen molar-refractivity contribution in [1.29, 1.82) is 0 Å². The molecule has 0 bridgehead atoms. The molecule has 1 rings (SSSR count). The molecule has 0 aliphatic rings. The maximum Gasteiger partial charge on any atom is 0.267 e. The van der Waals surface area contributed by atoms with E-state index >= 15 is 0 Å². The molecule has 0 heterocycles. The zero-order chi connectivity index (χ0) is 23.0. The van der Waals surface area contributed by atoms with Crippen molar-refractivity contribution in [3.05, 3.63) is 53.3 Å². The van der Waals surface area contributed by atoms with Crippen LogP contribution in [0.4, 0.5) is 5.69 Å². The van der Waals surface area contributed by atoms with E-state index in [-0.39, 0.29) is 29.6 Å². The van der Waals surface area contributed by atoms with Gasteiger partial charge in [0.05, 0.1) is 5.70 Å². The predicted octanol–water partition coefficient (Wildman–Crippen LogP) is 3.75. The first-order valence-corrected chi connectivity index (χ1v) is 10.3. The highest BCUT2D eigenvalue weighted by atomic mass is 16.2. The lowest BCUT2D eigenvalue weighted by molar-refractivity contribution is -0.124. The first-order valence-electron chi connectivity index (χ1n) is 10.3. The van der Waals surface area contributed by atoms with Gasteiger partial charge in [0.25, 0.3) is 5.91 Å². The Morgan fingerprint density at radius 1 is 0.933 bits per heavy atom. The van der Waals surface area contributed by atoms with E-state index in [4.69, 9.17) is 0 Å². The summed E-state index contributed by atoms with van der Waals surface area (Å²) in [4.78, 5) is 36.9. The second-order valence-electron chi connectivity index (χ2n) is 8.35. The maximum absolute atomic E-state index is 12.5. The number of hydrogen-bond acceptors (Lipinski definition) is 4. The standard InChI is InChI=1S/C24H35N3O3/c1-14(2)21(25-16(5)6)24(30)26-18(8)23(29)27-20-11-9-19(10-12-20)13-17(7)22(28)15(3)4/h9-12,15-16,18,25H,7,13H2,1-6,8H3,(H,26,30)(H,27,29)/t18-/m0/s1. The van der Waals surface area contributed by atoms with Gasteiger partial charge in [-0.05, 0) is 63.5 Å². The van der Waals surface area contributed by atoms with E-state index in [2.05, 4.69) is 22.5 Å². The zero-order valence-corrected chi connectivity index (χ0v) is 19.2. The monoisotopic (exact) mass is 413 g/mol. The van der Waals surface area contributed by atoms with Gasteiger partial charge in [0, 0.05) is 24.1 Å². The fourth-order valence-electron chi connectivity index (χ4n) is 2.76. The molecular formula is C24H35N3O3. The average molecular weight is 414 g/mol. The quantitative estimate of drug-likeness (QED) is 0.510. The van der Waals surface area contributed by atoms with Gasteiger partial charge in [0.15, 0.2) is 5.78 Å². The molecule has 0 unspecified atom stereocenters. The second kappa shape index (κ2) is 11.3. The summed E-state index contributed by atoms with van der Waals surface area (Å²) in [5.41, 5.74) is 3.46. The Hall–Kier alpha value is -2.89. The molecule has 0 fully saturated rings. The molecule has 0 saturated carbocycles. The Morgan fingerprint density at radius 3 is 1.97 bits per heavy atom. The predicted molar refractivity (Wildman–Crippen MR) is 122 cm³/mol. The van der Waals surface area contributed by atoms with Crippen LogP contribution >= 0.6 is 0 Å². The highest BCUT2D eigenvalue weighted by Gasteiger charge is 2.19. The molecule has 1 aromatic rings. The molecule has 164 valence electrons. The lowest BCUT2D eigenvalue weighted by atomic mass is 9.96. The second-order valence-corrected chi connectivity index (χ2v) is 8.35. The van der Waals surface area contributed by atoms with Gasteiger partial charge in [-0.3, -0.25) is 14.4 Å². The van der Waals surface area contributed by atoms with Crippen molar-refractivity contribution in [2.75, 3.05) is 5.32 Å². The topological polar surface area (TPSA) is 87.3 Å². The summed E-state index contributed by atoms with van der Waals surface area (Å²) in [6, 6.07) is 6.66. The van der Waals surface area contributed by atoms with Crippen molar-refractivity contribution in [2.45, 2.75) is 67.0 Å². The van der Waals surface area contributed by atoms with Crippen molar-refractivity contribution in [2.24, 2.45) is 5.92 Å². The van der Waals surface area contributed by atoms with Crippen molar-refractivity contribution < 1.29 is 14.4 Å². The Kier molecular flexibility index (Phi) is 9.50. The number of carbonyl (C=O) groups is 3. The molecule has 6 nitrogen and oxygen atoms in total. The van der Waals surface area contributed by atoms with E-state index in [1.807, 2.05) is 53.7 Å². The van der Waals surface area contributed by atoms with Crippen molar-refractivity contribution >= 4 is 23.3 Å². The maximum atomic E-state index is 12.5. The van der Waals surface area contributed by atoms with Gasteiger partial charge >= 0.3 is 0 Å². The number of nitrogens with one attached hydrogen (secondary N) is 3. The smallest absolute Gasteiger partial charge is 0.267 e. The third-order valence-electron chi connectivity index (χ3n) is 4.41. The van der Waals surface area contributed by atoms with Crippen molar-refractivity contribution in [1.82, 2.24) is 10.6 Å². The zero-order valence-electron chi connectivity index (χ0n) is 19.2. The first-order chi connectivity index (χ1) is 13.9. The number of anilines is 1. The Balaban J connectivity index is 2.69. The summed E-state index contributed by atoms with van der Waals surface area (Å²) >= 11 is 0. The number of benzene rings is 1. The van der Waals surface area contributed by atoms with E-state index in [0.29, 0.717) is 23.4 Å². The number of allylic oxidation sites excluding steroid dienone is 2. The van der Waals surface area contributed by atoms with E-state index < -0.39 is 6.04 Å². The minimum atomic E-state index is -0.705. The largest absolute Gasteiger partial charge is 0.378 e. The molecule has 0 aliphatic heterocycles. The van der Waals surface area contributed by atoms with Gasteiger partial charge in [-0.2, -0.15) is 0 Å². The molecule has 0 radical (unpaired) electrons. The van der Waals surface area contributed by atoms with Gasteiger partial charge < -0.3 is 16.0 Å². The van der Waals surface area contributed by atoms with Crippen LogP contribution in [-0.2, 0) is 20.8 Å². The Labute approximate surface area is 180 Å². The summed E-state index contributed by atoms with van der Waals surface area (Å²) in [5.74, 6) is -0.641. The van der Waals surface area contributed by atoms with Crippen molar-refractivity contribution in [3.63, 3.8) is 0 Å². The molecule has 0 aromatic heterocycles. The fraction of sp³-hybridized carbons (Fsp3) is 0.458. The van der Waals surface area contributed by atoms with E-state index in [1.165, 1.54) is 0 Å². The van der Waals surface area contributed by atoms with E-state index in [1.54, 1.807) is 19.1 Å². The average Bonchev–Trinajstić information content (AvgIpc) is 2.66. The minimum absolute atomic E-state index is 0.0552. The van der Waals surface area contributed by atoms with Gasteiger partial charge in [-0.1, -0.05) is 32.6 Å². The molecular weight excluding hydrogens is 378 g/mol. The normalized spacial score (nSPS) is 11.6. The minimum Gasteiger partial charge on any atom is -0.378 e. The number of carbonyl (C=O) groups excluding carboxylic acids is 3. The summed E-state index contributed by atoms with van der Waals surface area (Å²) in [6.45, 7) is 16.8. The summed E-state index contributed by atoms with van der Waals surface area (Å²) in [6.07, 6.45) is 0.478. The molecule has 0 saturated heterocycles. The van der Waals surface area contributed by atoms with E-state index in [9.17, 15) is 14.4 Å². The highest BCUT2D eigenvalue weighted by molar-refractivity contribution is 6.00. The summed E-state index contributed by atoms with van der Waals surface area (Å²) in [7, 11) is 0. The number of hydrogen-bond donors (Lipinski definition) is 3. The lowest BCUT2D eigenvalue weighted by Crippen LogP contribution is -2.45. The molecule has 0 aliphatic carbocycles. The van der Waals surface area contributed by atoms with Crippen LogP contribution < -0.4 is 16.0 Å². The van der Waals surface area contributed by atoms with Crippen LogP contribution in [0.15, 0.2) is 47.7 Å². The van der Waals surface area contributed by atoms with Crippen LogP contribution in [0.25, 0.3) is 0 Å². The molecule has 30 heavy (non-hydrogen) atoms. The van der Waals surface area contributed by atoms with Crippen LogP contribution in [0.3, 0.4) is 0 Å². The van der Waals surface area contributed by atoms with Gasteiger partial charge in [-0.15, -0.1) is 0 Å². The van der Waals surface area contributed by atoms with Gasteiger partial charge in [-0.25, -0.2) is 0 Å². The molecule has 2 amide bonds. The van der Waals surface area contributed by atoms with Crippen molar-refractivity contribution in [3.8, 4) is 0 Å². The summed E-state index contributed by atoms with van der Waals surface area (Å²) < 4.78 is 0. The number of ketones is 1. The number of rotatable bonds is 10. The third kappa shape index (κ3) is 7.85. The first kappa shape index (κ1) is 25.1. The molecule has 1 aromatic carbocycles. The Bertz CT molecular complexity index is 817. The lowest BCUT2D eigenvalue weighted by Gasteiger charge is -2.19. The number of amides is 2. The van der Waals surface area contributed by atoms with Crippen LogP contribution in [0.2, 0.25) is 0 Å². The Morgan fingerprint density at radius 2 is 1.50 bits per heavy atom. The van der Waals surface area contributed by atoms with E-state index in [0.717, 1.165) is 11.1 Å². The van der Waals surface area contributed by atoms with Crippen LogP contribution in [-0.4, -0.2) is 29.7 Å². The highest BCUT2D eigenvalue weighted by Crippen LogP contribution is 2.15. The van der Waals surface area contributed by atoms with Crippen LogP contribution in [0.1, 0.15) is 54.0 Å². The number of Topliss-reactive ketones (excluding diaryl/α,β-unsaturated/α-hetero) is 1. The fourth-order valence-corrected chi connectivity index (χ4v) is 2.76. The van der Waals surface area contributed by atoms with Crippen LogP contribution in [0, 0.1) is 5.92 Å². The molecule has 6 heteroatoms. The SMILES string of the molecule is C=C(Cc1ccc(NC(=O)[C@H](C)NC(=O)C(NC(C)C)=C(C)C)cc1)C(=O)C(C)C. The summed E-state index contributed by atoms with van der Waals surface area (Å²) in [5, 5.41) is 8.64.